The van der Waals surface area contributed by atoms with Crippen molar-refractivity contribution in [2.24, 2.45) is 29.1 Å². The molecule has 3 nitrogen and oxygen atoms in total. The number of hydrogen-bond acceptors (Lipinski definition) is 2. The fourth-order valence-electron chi connectivity index (χ4n) is 3.28. The highest BCUT2D eigenvalue weighted by atomic mass is 16.4. The minimum absolute atomic E-state index is 0.173. The van der Waals surface area contributed by atoms with Crippen LogP contribution in [0.4, 0.5) is 0 Å². The lowest BCUT2D eigenvalue weighted by Crippen LogP contribution is -2.37. The molecule has 3 atom stereocenters. The summed E-state index contributed by atoms with van der Waals surface area (Å²) in [6.07, 6.45) is 3.88. The Morgan fingerprint density at radius 3 is 1.95 bits per heavy atom. The zero-order chi connectivity index (χ0) is 14.8. The van der Waals surface area contributed by atoms with Crippen LogP contribution >= 0.6 is 0 Å². The van der Waals surface area contributed by atoms with E-state index in [2.05, 4.69) is 20.8 Å². The molecule has 0 aromatic carbocycles. The van der Waals surface area contributed by atoms with Gasteiger partial charge in [-0.3, -0.25) is 4.79 Å². The van der Waals surface area contributed by atoms with E-state index in [-0.39, 0.29) is 11.8 Å². The van der Waals surface area contributed by atoms with Crippen LogP contribution in [0.3, 0.4) is 0 Å². The predicted molar refractivity (Wildman–Crippen MR) is 76.9 cm³/mol. The molecular formula is C16H30O3. The summed E-state index contributed by atoms with van der Waals surface area (Å²) in [5, 5.41) is 19.4. The molecule has 3 unspecified atom stereocenters. The molecular weight excluding hydrogens is 240 g/mol. The van der Waals surface area contributed by atoms with Gasteiger partial charge in [-0.25, -0.2) is 0 Å². The molecule has 0 aromatic heterocycles. The van der Waals surface area contributed by atoms with Gasteiger partial charge in [-0.1, -0.05) is 34.6 Å². The quantitative estimate of drug-likeness (QED) is 0.821. The first-order chi connectivity index (χ1) is 8.64. The second-order valence-electron chi connectivity index (χ2n) is 7.45. The molecule has 1 rings (SSSR count). The lowest BCUT2D eigenvalue weighted by atomic mass is 9.67. The Balaban J connectivity index is 2.53. The van der Waals surface area contributed by atoms with E-state index in [1.54, 1.807) is 6.92 Å². The molecule has 3 heteroatoms. The van der Waals surface area contributed by atoms with E-state index < -0.39 is 18.0 Å². The van der Waals surface area contributed by atoms with Gasteiger partial charge in [0, 0.05) is 0 Å². The molecule has 0 radical (unpaired) electrons. The fraction of sp³-hybridized carbons (Fsp3) is 0.938. The van der Waals surface area contributed by atoms with Crippen molar-refractivity contribution in [3.05, 3.63) is 0 Å². The fourth-order valence-corrected chi connectivity index (χ4v) is 3.28. The van der Waals surface area contributed by atoms with Crippen LogP contribution in [0.25, 0.3) is 0 Å². The number of aliphatic hydroxyl groups is 1. The molecule has 0 saturated heterocycles. The van der Waals surface area contributed by atoms with Crippen LogP contribution in [0.5, 0.6) is 0 Å². The first kappa shape index (κ1) is 16.5. The number of aliphatic hydroxyl groups excluding tert-OH is 1. The third kappa shape index (κ3) is 4.20. The summed E-state index contributed by atoms with van der Waals surface area (Å²) in [5.41, 5.74) is 0.343. The summed E-state index contributed by atoms with van der Waals surface area (Å²) in [7, 11) is 0. The molecule has 0 spiro atoms. The average Bonchev–Trinajstić information content (AvgIpc) is 2.35. The molecule has 1 saturated carbocycles. The van der Waals surface area contributed by atoms with Gasteiger partial charge in [-0.05, 0) is 48.9 Å². The van der Waals surface area contributed by atoms with Crippen LogP contribution < -0.4 is 0 Å². The summed E-state index contributed by atoms with van der Waals surface area (Å²) in [5.74, 6) is -0.461. The summed E-state index contributed by atoms with van der Waals surface area (Å²) < 4.78 is 0. The van der Waals surface area contributed by atoms with Crippen LogP contribution in [0.15, 0.2) is 0 Å². The predicted octanol–water partition coefficient (Wildman–Crippen LogP) is 3.56. The lowest BCUT2D eigenvalue weighted by molar-refractivity contribution is -0.145. The summed E-state index contributed by atoms with van der Waals surface area (Å²) in [6.45, 7) is 10.4. The van der Waals surface area contributed by atoms with Crippen molar-refractivity contribution in [2.75, 3.05) is 0 Å². The highest BCUT2D eigenvalue weighted by molar-refractivity contribution is 5.69. The maximum absolute atomic E-state index is 11.0. The van der Waals surface area contributed by atoms with Crippen LogP contribution in [0, 0.1) is 29.1 Å². The van der Waals surface area contributed by atoms with Crippen molar-refractivity contribution in [2.45, 2.75) is 66.4 Å². The van der Waals surface area contributed by atoms with E-state index in [1.165, 1.54) is 0 Å². The number of hydrogen-bond donors (Lipinski definition) is 2. The minimum Gasteiger partial charge on any atom is -0.481 e. The van der Waals surface area contributed by atoms with Crippen molar-refractivity contribution in [3.8, 4) is 0 Å². The monoisotopic (exact) mass is 270 g/mol. The molecule has 1 fully saturated rings. The van der Waals surface area contributed by atoms with Gasteiger partial charge >= 0.3 is 5.97 Å². The van der Waals surface area contributed by atoms with E-state index in [4.69, 9.17) is 5.11 Å². The first-order valence-electron chi connectivity index (χ1n) is 7.55. The molecule has 0 amide bonds. The second kappa shape index (κ2) is 6.25. The minimum atomic E-state index is -0.810. The van der Waals surface area contributed by atoms with Gasteiger partial charge in [0.1, 0.15) is 0 Å². The third-order valence-electron chi connectivity index (χ3n) is 5.20. The summed E-state index contributed by atoms with van der Waals surface area (Å²) in [6, 6.07) is 0. The Bertz CT molecular complexity index is 298. The van der Waals surface area contributed by atoms with Crippen LogP contribution in [-0.4, -0.2) is 22.3 Å². The summed E-state index contributed by atoms with van der Waals surface area (Å²) in [4.78, 5) is 11.0. The van der Waals surface area contributed by atoms with Crippen LogP contribution in [0.2, 0.25) is 0 Å². The van der Waals surface area contributed by atoms with Crippen molar-refractivity contribution >= 4 is 5.97 Å². The Morgan fingerprint density at radius 1 is 1.11 bits per heavy atom. The smallest absolute Gasteiger partial charge is 0.306 e. The van der Waals surface area contributed by atoms with E-state index >= 15 is 0 Å². The molecule has 0 bridgehead atoms. The standard InChI is InChI=1S/C16H30O3/c1-10(11(2)15(18)19)14(17)12-6-8-13(9-7-12)16(3,4)5/h10-14,17H,6-9H2,1-5H3,(H,18,19). The molecule has 112 valence electrons. The number of carboxylic acids is 1. The number of rotatable bonds is 4. The van der Waals surface area contributed by atoms with E-state index in [0.717, 1.165) is 31.6 Å². The van der Waals surface area contributed by atoms with Gasteiger partial charge < -0.3 is 10.2 Å². The molecule has 2 N–H and O–H groups in total. The van der Waals surface area contributed by atoms with Crippen molar-refractivity contribution < 1.29 is 15.0 Å². The SMILES string of the molecule is CC(C(=O)O)C(C)C(O)C1CCC(C(C)(C)C)CC1. The zero-order valence-electron chi connectivity index (χ0n) is 13.0. The molecule has 1 aliphatic rings. The van der Waals surface area contributed by atoms with Gasteiger partial charge in [-0.2, -0.15) is 0 Å². The van der Waals surface area contributed by atoms with E-state index in [9.17, 15) is 9.90 Å². The van der Waals surface area contributed by atoms with E-state index in [1.807, 2.05) is 6.92 Å². The van der Waals surface area contributed by atoms with E-state index in [0.29, 0.717) is 5.41 Å². The highest BCUT2D eigenvalue weighted by Crippen LogP contribution is 2.42. The Kier molecular flexibility index (Phi) is 5.43. The Morgan fingerprint density at radius 2 is 1.58 bits per heavy atom. The van der Waals surface area contributed by atoms with Crippen molar-refractivity contribution in [3.63, 3.8) is 0 Å². The summed E-state index contributed by atoms with van der Waals surface area (Å²) >= 11 is 0. The molecule has 0 aromatic rings. The highest BCUT2D eigenvalue weighted by Gasteiger charge is 2.36. The van der Waals surface area contributed by atoms with Gasteiger partial charge in [-0.15, -0.1) is 0 Å². The largest absolute Gasteiger partial charge is 0.481 e. The Hall–Kier alpha value is -0.570. The topological polar surface area (TPSA) is 57.5 Å². The van der Waals surface area contributed by atoms with Crippen molar-refractivity contribution in [1.29, 1.82) is 0 Å². The molecule has 0 aliphatic heterocycles. The van der Waals surface area contributed by atoms with Gasteiger partial charge in [0.2, 0.25) is 0 Å². The number of aliphatic carboxylic acids is 1. The molecule has 1 aliphatic carbocycles. The normalized spacial score (nSPS) is 29.6. The number of carboxylic acid groups (broad SMARTS) is 1. The third-order valence-corrected chi connectivity index (χ3v) is 5.20. The van der Waals surface area contributed by atoms with Crippen LogP contribution in [0.1, 0.15) is 60.3 Å². The maximum atomic E-state index is 11.0. The number of carbonyl (C=O) groups is 1. The maximum Gasteiger partial charge on any atom is 0.306 e. The first-order valence-corrected chi connectivity index (χ1v) is 7.55. The van der Waals surface area contributed by atoms with Crippen LogP contribution in [-0.2, 0) is 4.79 Å². The second-order valence-corrected chi connectivity index (χ2v) is 7.45. The van der Waals surface area contributed by atoms with Gasteiger partial charge in [0.15, 0.2) is 0 Å². The van der Waals surface area contributed by atoms with Gasteiger partial charge in [0.05, 0.1) is 12.0 Å². The Labute approximate surface area is 117 Å². The average molecular weight is 270 g/mol. The lowest BCUT2D eigenvalue weighted by Gasteiger charge is -2.40. The molecule has 19 heavy (non-hydrogen) atoms. The van der Waals surface area contributed by atoms with Gasteiger partial charge in [0.25, 0.3) is 0 Å². The molecule has 0 heterocycles. The zero-order valence-corrected chi connectivity index (χ0v) is 13.0. The van der Waals surface area contributed by atoms with Crippen molar-refractivity contribution in [1.82, 2.24) is 0 Å².